The van der Waals surface area contributed by atoms with Gasteiger partial charge in [0, 0.05) is 38.7 Å². The molecule has 1 aliphatic rings. The lowest BCUT2D eigenvalue weighted by Crippen LogP contribution is -2.38. The van der Waals surface area contributed by atoms with Gasteiger partial charge in [-0.05, 0) is 5.56 Å². The summed E-state index contributed by atoms with van der Waals surface area (Å²) in [4.78, 5) is 25.8. The third kappa shape index (κ3) is 4.81. The Hall–Kier alpha value is -3.42. The zero-order valence-corrected chi connectivity index (χ0v) is 15.0. The number of anilines is 2. The molecule has 3 amide bonds. The van der Waals surface area contributed by atoms with E-state index < -0.39 is 0 Å². The number of nitrogens with one attached hydrogen (secondary N) is 2. The van der Waals surface area contributed by atoms with Crippen LogP contribution in [0.2, 0.25) is 0 Å². The molecule has 1 aliphatic heterocycles. The molecule has 4 N–H and O–H groups in total. The van der Waals surface area contributed by atoms with Gasteiger partial charge in [-0.2, -0.15) is 0 Å². The molecule has 0 aromatic heterocycles. The largest absolute Gasteiger partial charge is 0.454 e. The molecule has 8 nitrogen and oxygen atoms in total. The fourth-order valence-corrected chi connectivity index (χ4v) is 2.63. The van der Waals surface area contributed by atoms with Crippen molar-refractivity contribution in [2.45, 2.75) is 13.0 Å². The predicted octanol–water partition coefficient (Wildman–Crippen LogP) is 2.17. The highest BCUT2D eigenvalue weighted by molar-refractivity contribution is 5.95. The monoisotopic (exact) mass is 370 g/mol. The van der Waals surface area contributed by atoms with Gasteiger partial charge in [-0.1, -0.05) is 30.3 Å². The number of ether oxygens (including phenoxy) is 2. The van der Waals surface area contributed by atoms with Gasteiger partial charge in [0.2, 0.25) is 12.7 Å². The molecule has 0 radical (unpaired) electrons. The van der Waals surface area contributed by atoms with Crippen molar-refractivity contribution < 1.29 is 19.1 Å². The summed E-state index contributed by atoms with van der Waals surface area (Å²) in [5.41, 5.74) is 7.78. The van der Waals surface area contributed by atoms with E-state index >= 15 is 0 Å². The maximum Gasteiger partial charge on any atom is 0.317 e. The van der Waals surface area contributed by atoms with E-state index in [1.165, 1.54) is 0 Å². The number of urea groups is 1. The van der Waals surface area contributed by atoms with Gasteiger partial charge in [0.05, 0.1) is 11.4 Å². The molecule has 2 aromatic rings. The molecule has 0 bridgehead atoms. The van der Waals surface area contributed by atoms with Gasteiger partial charge in [0.1, 0.15) is 0 Å². The molecule has 3 rings (SSSR count). The topological polar surface area (TPSA) is 106 Å². The Balaban J connectivity index is 1.43. The highest BCUT2D eigenvalue weighted by Gasteiger charge is 2.17. The first-order valence-corrected chi connectivity index (χ1v) is 8.55. The summed E-state index contributed by atoms with van der Waals surface area (Å²) in [5.74, 6) is 0.834. The fraction of sp³-hybridized carbons (Fsp3) is 0.263. The number of amides is 3. The molecule has 0 atom stereocenters. The van der Waals surface area contributed by atoms with E-state index in [-0.39, 0.29) is 31.7 Å². The van der Waals surface area contributed by atoms with Crippen molar-refractivity contribution >= 4 is 23.3 Å². The maximum atomic E-state index is 12.1. The minimum atomic E-state index is -0.258. The average molecular weight is 370 g/mol. The van der Waals surface area contributed by atoms with Crippen molar-refractivity contribution in [3.63, 3.8) is 0 Å². The number of nitrogens with two attached hydrogens (primary N) is 1. The van der Waals surface area contributed by atoms with Gasteiger partial charge < -0.3 is 30.7 Å². The summed E-state index contributed by atoms with van der Waals surface area (Å²) in [5, 5.41) is 5.44. The maximum absolute atomic E-state index is 12.1. The Morgan fingerprint density at radius 3 is 2.59 bits per heavy atom. The number of carbonyl (C=O) groups excluding carboxylic acids is 2. The number of rotatable bonds is 6. The molecule has 1 heterocycles. The van der Waals surface area contributed by atoms with E-state index in [1.54, 1.807) is 24.1 Å². The van der Waals surface area contributed by atoms with Crippen molar-refractivity contribution in [2.24, 2.45) is 0 Å². The number of benzene rings is 2. The zero-order chi connectivity index (χ0) is 19.2. The summed E-state index contributed by atoms with van der Waals surface area (Å²) in [7, 11) is 1.70. The molecular weight excluding hydrogens is 348 g/mol. The number of nitrogen functional groups attached to an aromatic ring is 1. The first kappa shape index (κ1) is 18.4. The number of hydrogen-bond donors (Lipinski definition) is 3. The molecule has 0 spiro atoms. The lowest BCUT2D eigenvalue weighted by Gasteiger charge is -2.18. The highest BCUT2D eigenvalue weighted by Crippen LogP contribution is 2.38. The van der Waals surface area contributed by atoms with Crippen LogP contribution in [0.1, 0.15) is 12.0 Å². The fourth-order valence-electron chi connectivity index (χ4n) is 2.63. The Labute approximate surface area is 157 Å². The van der Waals surface area contributed by atoms with Crippen LogP contribution in [0.4, 0.5) is 16.2 Å². The summed E-state index contributed by atoms with van der Waals surface area (Å²) < 4.78 is 10.5. The lowest BCUT2D eigenvalue weighted by molar-refractivity contribution is -0.116. The van der Waals surface area contributed by atoms with Gasteiger partial charge in [0.25, 0.3) is 0 Å². The second-order valence-corrected chi connectivity index (χ2v) is 6.16. The van der Waals surface area contributed by atoms with Gasteiger partial charge in [-0.3, -0.25) is 4.79 Å². The van der Waals surface area contributed by atoms with Gasteiger partial charge >= 0.3 is 6.03 Å². The van der Waals surface area contributed by atoms with Gasteiger partial charge in [0.15, 0.2) is 11.5 Å². The predicted molar refractivity (Wildman–Crippen MR) is 102 cm³/mol. The molecule has 2 aromatic carbocycles. The summed E-state index contributed by atoms with van der Waals surface area (Å²) >= 11 is 0. The standard InChI is InChI=1S/C19H22N4O4/c1-23(11-13-5-3-2-4-6-13)19(25)21-8-7-18(24)22-15-10-17-16(9-14(15)20)26-12-27-17/h2-6,9-10H,7-8,11-12,20H2,1H3,(H,21,25)(H,22,24). The molecule has 8 heteroatoms. The van der Waals surface area contributed by atoms with E-state index in [0.29, 0.717) is 29.4 Å². The second-order valence-electron chi connectivity index (χ2n) is 6.16. The van der Waals surface area contributed by atoms with Crippen LogP contribution >= 0.6 is 0 Å². The lowest BCUT2D eigenvalue weighted by atomic mass is 10.2. The van der Waals surface area contributed by atoms with Crippen LogP contribution in [0.15, 0.2) is 42.5 Å². The molecule has 0 saturated carbocycles. The normalized spacial score (nSPS) is 11.7. The van der Waals surface area contributed by atoms with Crippen molar-refractivity contribution in [3.8, 4) is 11.5 Å². The SMILES string of the molecule is CN(Cc1ccccc1)C(=O)NCCC(=O)Nc1cc2c(cc1N)OCO2. The number of hydrogen-bond acceptors (Lipinski definition) is 5. The van der Waals surface area contributed by atoms with Crippen molar-refractivity contribution in [2.75, 3.05) is 31.4 Å². The molecule has 27 heavy (non-hydrogen) atoms. The minimum Gasteiger partial charge on any atom is -0.454 e. The summed E-state index contributed by atoms with van der Waals surface area (Å²) in [6.45, 7) is 0.843. The molecule has 142 valence electrons. The summed E-state index contributed by atoms with van der Waals surface area (Å²) in [6.07, 6.45) is 0.124. The number of fused-ring (bicyclic) bond motifs is 1. The van der Waals surface area contributed by atoms with Gasteiger partial charge in [-0.15, -0.1) is 0 Å². The third-order valence-corrected chi connectivity index (χ3v) is 4.06. The molecule has 0 fully saturated rings. The first-order chi connectivity index (χ1) is 13.0. The van der Waals surface area contributed by atoms with Crippen molar-refractivity contribution in [1.82, 2.24) is 10.2 Å². The van der Waals surface area contributed by atoms with Crippen molar-refractivity contribution in [3.05, 3.63) is 48.0 Å². The van der Waals surface area contributed by atoms with Crippen LogP contribution in [0.25, 0.3) is 0 Å². The number of carbonyl (C=O) groups is 2. The molecule has 0 saturated heterocycles. The average Bonchev–Trinajstić information content (AvgIpc) is 3.09. The zero-order valence-electron chi connectivity index (χ0n) is 15.0. The van der Waals surface area contributed by atoms with E-state index in [4.69, 9.17) is 15.2 Å². The van der Waals surface area contributed by atoms with Crippen LogP contribution in [0, 0.1) is 0 Å². The van der Waals surface area contributed by atoms with Crippen LogP contribution in [-0.2, 0) is 11.3 Å². The van der Waals surface area contributed by atoms with Crippen LogP contribution < -0.4 is 25.8 Å². The van der Waals surface area contributed by atoms with E-state index in [1.807, 2.05) is 30.3 Å². The van der Waals surface area contributed by atoms with Crippen LogP contribution in [0.5, 0.6) is 11.5 Å². The van der Waals surface area contributed by atoms with E-state index in [0.717, 1.165) is 5.56 Å². The molecular formula is C19H22N4O4. The first-order valence-electron chi connectivity index (χ1n) is 8.55. The minimum absolute atomic E-state index is 0.124. The Morgan fingerprint density at radius 2 is 1.85 bits per heavy atom. The third-order valence-electron chi connectivity index (χ3n) is 4.06. The van der Waals surface area contributed by atoms with Crippen molar-refractivity contribution in [1.29, 1.82) is 0 Å². The Kier molecular flexibility index (Phi) is 5.65. The van der Waals surface area contributed by atoms with Crippen LogP contribution in [0.3, 0.4) is 0 Å². The Morgan fingerprint density at radius 1 is 1.15 bits per heavy atom. The highest BCUT2D eigenvalue weighted by atomic mass is 16.7. The number of nitrogens with zero attached hydrogens (tertiary/aromatic N) is 1. The second kappa shape index (κ2) is 8.31. The summed E-state index contributed by atoms with van der Waals surface area (Å²) in [6, 6.07) is 12.7. The quantitative estimate of drug-likeness (QED) is 0.676. The van der Waals surface area contributed by atoms with Crippen LogP contribution in [-0.4, -0.2) is 37.2 Å². The Bertz CT molecular complexity index is 826. The smallest absolute Gasteiger partial charge is 0.317 e. The van der Waals surface area contributed by atoms with Gasteiger partial charge in [-0.25, -0.2) is 4.79 Å². The van der Waals surface area contributed by atoms with E-state index in [2.05, 4.69) is 10.6 Å². The molecule has 0 aliphatic carbocycles. The van der Waals surface area contributed by atoms with E-state index in [9.17, 15) is 9.59 Å². The molecule has 0 unspecified atom stereocenters.